The summed E-state index contributed by atoms with van der Waals surface area (Å²) in [4.78, 5) is 23.8. The Morgan fingerprint density at radius 2 is 1.36 bits per heavy atom. The van der Waals surface area contributed by atoms with E-state index in [1.54, 1.807) is 48.5 Å². The van der Waals surface area contributed by atoms with Crippen molar-refractivity contribution in [2.24, 2.45) is 5.73 Å². The van der Waals surface area contributed by atoms with Crippen LogP contribution in [0.1, 0.15) is 20.7 Å². The summed E-state index contributed by atoms with van der Waals surface area (Å²) in [7, 11) is 0. The monoisotopic (exact) mass is 332 g/mol. The number of ether oxygens (including phenoxy) is 1. The van der Waals surface area contributed by atoms with E-state index in [1.165, 1.54) is 0 Å². The van der Waals surface area contributed by atoms with E-state index in [-0.39, 0.29) is 11.5 Å². The Kier molecular flexibility index (Phi) is 4.76. The average molecular weight is 332 g/mol. The summed E-state index contributed by atoms with van der Waals surface area (Å²) in [6, 6.07) is 22.7. The summed E-state index contributed by atoms with van der Waals surface area (Å²) in [5.74, 6) is 0.415. The van der Waals surface area contributed by atoms with E-state index in [4.69, 9.17) is 10.5 Å². The van der Waals surface area contributed by atoms with Crippen molar-refractivity contribution >= 4 is 17.5 Å². The van der Waals surface area contributed by atoms with E-state index in [0.29, 0.717) is 17.0 Å². The predicted octanol–water partition coefficient (Wildman–Crippen LogP) is 3.83. The number of anilines is 1. The lowest BCUT2D eigenvalue weighted by molar-refractivity contribution is 0.100. The highest BCUT2D eigenvalue weighted by Gasteiger charge is 2.12. The van der Waals surface area contributed by atoms with Crippen LogP contribution in [0.25, 0.3) is 0 Å². The number of hydrogen-bond acceptors (Lipinski definition) is 3. The maximum atomic E-state index is 12.4. The van der Waals surface area contributed by atoms with E-state index in [9.17, 15) is 9.59 Å². The van der Waals surface area contributed by atoms with Gasteiger partial charge in [0.2, 0.25) is 0 Å². The minimum Gasteiger partial charge on any atom is -0.457 e. The molecule has 0 unspecified atom stereocenters. The summed E-state index contributed by atoms with van der Waals surface area (Å²) in [5, 5.41) is 2.70. The van der Waals surface area contributed by atoms with Crippen molar-refractivity contribution in [2.45, 2.75) is 0 Å². The van der Waals surface area contributed by atoms with Crippen molar-refractivity contribution in [3.63, 3.8) is 0 Å². The van der Waals surface area contributed by atoms with Crippen LogP contribution in [0.2, 0.25) is 0 Å². The molecule has 2 amide bonds. The molecule has 3 N–H and O–H groups in total. The van der Waals surface area contributed by atoms with Crippen LogP contribution in [0.4, 0.5) is 5.69 Å². The fourth-order valence-corrected chi connectivity index (χ4v) is 2.30. The molecular weight excluding hydrogens is 316 g/mol. The lowest BCUT2D eigenvalue weighted by Crippen LogP contribution is -2.18. The number of carbonyl (C=O) groups is 2. The van der Waals surface area contributed by atoms with Gasteiger partial charge >= 0.3 is 0 Å². The molecule has 0 radical (unpaired) electrons. The first-order valence-corrected chi connectivity index (χ1v) is 7.66. The van der Waals surface area contributed by atoms with Gasteiger partial charge < -0.3 is 15.8 Å². The van der Waals surface area contributed by atoms with Crippen molar-refractivity contribution in [3.05, 3.63) is 90.0 Å². The Morgan fingerprint density at radius 1 is 0.760 bits per heavy atom. The van der Waals surface area contributed by atoms with Crippen LogP contribution >= 0.6 is 0 Å². The zero-order valence-electron chi connectivity index (χ0n) is 13.3. The van der Waals surface area contributed by atoms with Gasteiger partial charge in [-0.25, -0.2) is 0 Å². The number of nitrogens with one attached hydrogen (secondary N) is 1. The molecule has 3 rings (SSSR count). The third-order valence-electron chi connectivity index (χ3n) is 3.54. The predicted molar refractivity (Wildman–Crippen MR) is 95.9 cm³/mol. The molecule has 0 aliphatic carbocycles. The number of benzene rings is 3. The summed E-state index contributed by atoms with van der Waals surface area (Å²) < 4.78 is 5.69. The van der Waals surface area contributed by atoms with Gasteiger partial charge in [-0.1, -0.05) is 30.3 Å². The van der Waals surface area contributed by atoms with Crippen LogP contribution in [-0.2, 0) is 0 Å². The molecule has 0 atom stereocenters. The maximum absolute atomic E-state index is 12.4. The molecule has 3 aromatic rings. The van der Waals surface area contributed by atoms with Gasteiger partial charge in [0.15, 0.2) is 0 Å². The largest absolute Gasteiger partial charge is 0.457 e. The Labute approximate surface area is 145 Å². The van der Waals surface area contributed by atoms with Gasteiger partial charge in [-0.2, -0.15) is 0 Å². The van der Waals surface area contributed by atoms with Crippen LogP contribution in [0.15, 0.2) is 78.9 Å². The zero-order chi connectivity index (χ0) is 17.6. The summed E-state index contributed by atoms with van der Waals surface area (Å²) in [6.07, 6.45) is 0. The first-order chi connectivity index (χ1) is 12.1. The lowest BCUT2D eigenvalue weighted by atomic mass is 10.1. The Hall–Kier alpha value is -3.60. The molecule has 0 fully saturated rings. The molecule has 0 heterocycles. The molecule has 0 bridgehead atoms. The standard InChI is InChI=1S/C20H16N2O3/c21-19(23)17-8-4-5-9-18(17)22-20(24)14-10-12-16(13-11-14)25-15-6-2-1-3-7-15/h1-13H,(H2,21,23)(H,22,24). The van der Waals surface area contributed by atoms with Crippen molar-refractivity contribution < 1.29 is 14.3 Å². The minimum atomic E-state index is -0.595. The van der Waals surface area contributed by atoms with Gasteiger partial charge in [-0.15, -0.1) is 0 Å². The topological polar surface area (TPSA) is 81.4 Å². The van der Waals surface area contributed by atoms with Crippen LogP contribution in [0.3, 0.4) is 0 Å². The number of rotatable bonds is 5. The van der Waals surface area contributed by atoms with Gasteiger partial charge in [0.05, 0.1) is 11.3 Å². The summed E-state index contributed by atoms with van der Waals surface area (Å²) >= 11 is 0. The molecule has 3 aromatic carbocycles. The lowest BCUT2D eigenvalue weighted by Gasteiger charge is -2.09. The van der Waals surface area contributed by atoms with Crippen LogP contribution in [0, 0.1) is 0 Å². The number of nitrogens with two attached hydrogens (primary N) is 1. The second kappa shape index (κ2) is 7.31. The second-order valence-corrected chi connectivity index (χ2v) is 5.30. The highest BCUT2D eigenvalue weighted by Crippen LogP contribution is 2.22. The molecule has 0 aromatic heterocycles. The van der Waals surface area contributed by atoms with Gasteiger partial charge in [0.1, 0.15) is 11.5 Å². The van der Waals surface area contributed by atoms with E-state index in [1.807, 2.05) is 30.3 Å². The highest BCUT2D eigenvalue weighted by molar-refractivity contribution is 6.08. The molecule has 25 heavy (non-hydrogen) atoms. The number of para-hydroxylation sites is 2. The Bertz CT molecular complexity index is 890. The number of carbonyl (C=O) groups excluding carboxylic acids is 2. The van der Waals surface area contributed by atoms with Crippen molar-refractivity contribution in [1.29, 1.82) is 0 Å². The van der Waals surface area contributed by atoms with Crippen molar-refractivity contribution in [1.82, 2.24) is 0 Å². The maximum Gasteiger partial charge on any atom is 0.255 e. The van der Waals surface area contributed by atoms with Crippen molar-refractivity contribution in [2.75, 3.05) is 5.32 Å². The second-order valence-electron chi connectivity index (χ2n) is 5.30. The van der Waals surface area contributed by atoms with Gasteiger partial charge in [0, 0.05) is 5.56 Å². The minimum absolute atomic E-state index is 0.264. The fourth-order valence-electron chi connectivity index (χ4n) is 2.30. The molecule has 0 saturated carbocycles. The number of hydrogen-bond donors (Lipinski definition) is 2. The third kappa shape index (κ3) is 4.03. The first kappa shape index (κ1) is 16.3. The fraction of sp³-hybridized carbons (Fsp3) is 0. The van der Waals surface area contributed by atoms with Crippen LogP contribution in [0.5, 0.6) is 11.5 Å². The quantitative estimate of drug-likeness (QED) is 0.745. The number of amides is 2. The highest BCUT2D eigenvalue weighted by atomic mass is 16.5. The first-order valence-electron chi connectivity index (χ1n) is 7.66. The summed E-state index contributed by atoms with van der Waals surface area (Å²) in [5.41, 5.74) is 6.40. The normalized spacial score (nSPS) is 10.1. The molecule has 0 spiro atoms. The molecule has 124 valence electrons. The molecule has 0 saturated heterocycles. The number of primary amides is 1. The smallest absolute Gasteiger partial charge is 0.255 e. The Balaban J connectivity index is 1.72. The van der Waals surface area contributed by atoms with Gasteiger partial charge in [-0.05, 0) is 48.5 Å². The van der Waals surface area contributed by atoms with E-state index < -0.39 is 5.91 Å². The molecule has 5 nitrogen and oxygen atoms in total. The van der Waals surface area contributed by atoms with Crippen LogP contribution in [-0.4, -0.2) is 11.8 Å². The van der Waals surface area contributed by atoms with Gasteiger partial charge in [0.25, 0.3) is 11.8 Å². The van der Waals surface area contributed by atoms with Crippen LogP contribution < -0.4 is 15.8 Å². The molecule has 0 aliphatic rings. The molecule has 5 heteroatoms. The van der Waals surface area contributed by atoms with Crippen molar-refractivity contribution in [3.8, 4) is 11.5 Å². The molecule has 0 aliphatic heterocycles. The van der Waals surface area contributed by atoms with E-state index in [2.05, 4.69) is 5.32 Å². The summed E-state index contributed by atoms with van der Waals surface area (Å²) in [6.45, 7) is 0. The van der Waals surface area contributed by atoms with E-state index in [0.717, 1.165) is 5.75 Å². The zero-order valence-corrected chi connectivity index (χ0v) is 13.3. The molecular formula is C20H16N2O3. The Morgan fingerprint density at radius 3 is 2.04 bits per heavy atom. The van der Waals surface area contributed by atoms with E-state index >= 15 is 0 Å². The van der Waals surface area contributed by atoms with Gasteiger partial charge in [-0.3, -0.25) is 9.59 Å². The average Bonchev–Trinajstić information content (AvgIpc) is 2.63. The third-order valence-corrected chi connectivity index (χ3v) is 3.54. The SMILES string of the molecule is NC(=O)c1ccccc1NC(=O)c1ccc(Oc2ccccc2)cc1.